The zero-order chi connectivity index (χ0) is 18.4. The summed E-state index contributed by atoms with van der Waals surface area (Å²) in [5.41, 5.74) is 1.79. The molecule has 2 amide bonds. The molecule has 0 bridgehead atoms. The Morgan fingerprint density at radius 2 is 1.92 bits per heavy atom. The Hall–Kier alpha value is -2.20. The Kier molecular flexibility index (Phi) is 6.40. The Labute approximate surface area is 160 Å². The molecule has 0 spiro atoms. The van der Waals surface area contributed by atoms with E-state index in [2.05, 4.69) is 5.32 Å². The van der Waals surface area contributed by atoms with Gasteiger partial charge in [-0.1, -0.05) is 42.6 Å². The lowest BCUT2D eigenvalue weighted by molar-refractivity contribution is 0.189. The zero-order valence-corrected chi connectivity index (χ0v) is 15.8. The molecular weight excluding hydrogens is 348 g/mol. The van der Waals surface area contributed by atoms with Crippen molar-refractivity contribution in [2.75, 3.05) is 18.5 Å². The van der Waals surface area contributed by atoms with Gasteiger partial charge < -0.3 is 15.0 Å². The molecule has 2 aromatic carbocycles. The number of carbonyl (C=O) groups is 1. The van der Waals surface area contributed by atoms with E-state index in [0.29, 0.717) is 6.61 Å². The topological polar surface area (TPSA) is 41.6 Å². The van der Waals surface area contributed by atoms with Gasteiger partial charge in [0, 0.05) is 17.3 Å². The van der Waals surface area contributed by atoms with Crippen molar-refractivity contribution in [1.29, 1.82) is 0 Å². The van der Waals surface area contributed by atoms with Crippen LogP contribution in [0.1, 0.15) is 44.2 Å². The number of rotatable bonds is 4. The summed E-state index contributed by atoms with van der Waals surface area (Å²) in [4.78, 5) is 14.9. The van der Waals surface area contributed by atoms with Crippen LogP contribution in [0.5, 0.6) is 5.75 Å². The summed E-state index contributed by atoms with van der Waals surface area (Å²) in [5, 5.41) is 3.74. The lowest BCUT2D eigenvalue weighted by Gasteiger charge is -2.31. The van der Waals surface area contributed by atoms with Crippen molar-refractivity contribution in [3.05, 3.63) is 59.1 Å². The molecule has 2 aromatic rings. The standard InChI is InChI=1S/C21H25ClN2O2/c1-2-26-17-13-11-16(12-14-17)23-21(25)24-15-7-3-4-10-20(24)18-8-5-6-9-19(18)22/h5-6,8-9,11-14,20H,2-4,7,10,15H2,1H3,(H,23,25). The van der Waals surface area contributed by atoms with Gasteiger partial charge in [-0.25, -0.2) is 4.79 Å². The molecule has 138 valence electrons. The SMILES string of the molecule is CCOc1ccc(NC(=O)N2CCCCCC2c2ccccc2Cl)cc1. The highest BCUT2D eigenvalue weighted by molar-refractivity contribution is 6.31. The molecule has 3 rings (SSSR count). The second kappa shape index (κ2) is 8.95. The predicted molar refractivity (Wildman–Crippen MR) is 106 cm³/mol. The van der Waals surface area contributed by atoms with E-state index in [1.165, 1.54) is 0 Å². The smallest absolute Gasteiger partial charge is 0.322 e. The molecule has 1 fully saturated rings. The van der Waals surface area contributed by atoms with Crippen molar-refractivity contribution in [2.45, 2.75) is 38.6 Å². The van der Waals surface area contributed by atoms with E-state index in [-0.39, 0.29) is 12.1 Å². The van der Waals surface area contributed by atoms with E-state index >= 15 is 0 Å². The zero-order valence-electron chi connectivity index (χ0n) is 15.1. The van der Waals surface area contributed by atoms with Gasteiger partial charge in [-0.15, -0.1) is 0 Å². The Morgan fingerprint density at radius 1 is 1.15 bits per heavy atom. The van der Waals surface area contributed by atoms with Crippen molar-refractivity contribution >= 4 is 23.3 Å². The molecule has 1 heterocycles. The van der Waals surface area contributed by atoms with E-state index in [0.717, 1.165) is 54.3 Å². The maximum atomic E-state index is 13.0. The molecule has 1 unspecified atom stereocenters. The maximum Gasteiger partial charge on any atom is 0.322 e. The van der Waals surface area contributed by atoms with Crippen LogP contribution in [0.15, 0.2) is 48.5 Å². The number of halogens is 1. The quantitative estimate of drug-likeness (QED) is 0.727. The molecular formula is C21H25ClN2O2. The van der Waals surface area contributed by atoms with E-state index in [9.17, 15) is 4.79 Å². The number of amides is 2. The van der Waals surface area contributed by atoms with Crippen molar-refractivity contribution in [1.82, 2.24) is 4.90 Å². The second-order valence-electron chi connectivity index (χ2n) is 6.47. The van der Waals surface area contributed by atoms with Crippen LogP contribution in [-0.2, 0) is 0 Å². The summed E-state index contributed by atoms with van der Waals surface area (Å²) in [6.45, 7) is 3.31. The number of carbonyl (C=O) groups excluding carboxylic acids is 1. The molecule has 26 heavy (non-hydrogen) atoms. The summed E-state index contributed by atoms with van der Waals surface area (Å²) in [7, 11) is 0. The first-order valence-corrected chi connectivity index (χ1v) is 9.61. The Morgan fingerprint density at radius 3 is 2.65 bits per heavy atom. The summed E-state index contributed by atoms with van der Waals surface area (Å²) < 4.78 is 5.45. The maximum absolute atomic E-state index is 13.0. The van der Waals surface area contributed by atoms with Gasteiger partial charge in [-0.05, 0) is 55.7 Å². The molecule has 5 heteroatoms. The van der Waals surface area contributed by atoms with E-state index in [1.54, 1.807) is 0 Å². The monoisotopic (exact) mass is 372 g/mol. The molecule has 1 aliphatic rings. The lowest BCUT2D eigenvalue weighted by Crippen LogP contribution is -2.38. The van der Waals surface area contributed by atoms with Crippen LogP contribution in [0.25, 0.3) is 0 Å². The van der Waals surface area contributed by atoms with Crippen LogP contribution in [-0.4, -0.2) is 24.1 Å². The fourth-order valence-electron chi connectivity index (χ4n) is 3.42. The molecule has 0 saturated carbocycles. The molecule has 4 nitrogen and oxygen atoms in total. The van der Waals surface area contributed by atoms with Crippen molar-refractivity contribution in [2.24, 2.45) is 0 Å². The number of nitrogens with one attached hydrogen (secondary N) is 1. The molecule has 1 atom stereocenters. The van der Waals surface area contributed by atoms with Crippen LogP contribution in [0.3, 0.4) is 0 Å². The summed E-state index contributed by atoms with van der Waals surface area (Å²) in [5.74, 6) is 0.800. The van der Waals surface area contributed by atoms with Gasteiger partial charge in [0.2, 0.25) is 0 Å². The number of nitrogens with zero attached hydrogens (tertiary/aromatic N) is 1. The first kappa shape index (κ1) is 18.6. The number of benzene rings is 2. The average Bonchev–Trinajstić information content (AvgIpc) is 2.90. The number of ether oxygens (including phenoxy) is 1. The van der Waals surface area contributed by atoms with E-state index < -0.39 is 0 Å². The number of hydrogen-bond donors (Lipinski definition) is 1. The first-order valence-electron chi connectivity index (χ1n) is 9.24. The van der Waals surface area contributed by atoms with Crippen LogP contribution in [0.2, 0.25) is 5.02 Å². The summed E-state index contributed by atoms with van der Waals surface area (Å²) >= 11 is 6.42. The van der Waals surface area contributed by atoms with E-state index in [4.69, 9.17) is 16.3 Å². The van der Waals surface area contributed by atoms with Crippen LogP contribution >= 0.6 is 11.6 Å². The van der Waals surface area contributed by atoms with Crippen molar-refractivity contribution < 1.29 is 9.53 Å². The van der Waals surface area contributed by atoms with Gasteiger partial charge in [-0.2, -0.15) is 0 Å². The minimum atomic E-state index is -0.0824. The van der Waals surface area contributed by atoms with Gasteiger partial charge >= 0.3 is 6.03 Å². The predicted octanol–water partition coefficient (Wildman–Crippen LogP) is 5.89. The number of likely N-dealkylation sites (tertiary alicyclic amines) is 1. The average molecular weight is 373 g/mol. The van der Waals surface area contributed by atoms with E-state index in [1.807, 2.05) is 60.4 Å². The van der Waals surface area contributed by atoms with Gasteiger partial charge in [0.25, 0.3) is 0 Å². The van der Waals surface area contributed by atoms with Gasteiger partial charge in [0.1, 0.15) is 5.75 Å². The minimum absolute atomic E-state index is 0.00824. The summed E-state index contributed by atoms with van der Waals surface area (Å²) in [6, 6.07) is 15.2. The van der Waals surface area contributed by atoms with Gasteiger partial charge in [-0.3, -0.25) is 0 Å². The molecule has 0 radical (unpaired) electrons. The van der Waals surface area contributed by atoms with Crippen LogP contribution in [0.4, 0.5) is 10.5 Å². The van der Waals surface area contributed by atoms with Crippen LogP contribution in [0, 0.1) is 0 Å². The molecule has 0 aromatic heterocycles. The number of urea groups is 1. The third-order valence-corrected chi connectivity index (χ3v) is 5.04. The Balaban J connectivity index is 1.77. The van der Waals surface area contributed by atoms with Gasteiger partial charge in [0.15, 0.2) is 0 Å². The normalized spacial score (nSPS) is 17.5. The van der Waals surface area contributed by atoms with Crippen LogP contribution < -0.4 is 10.1 Å². The highest BCUT2D eigenvalue weighted by Gasteiger charge is 2.28. The molecule has 1 saturated heterocycles. The number of hydrogen-bond acceptors (Lipinski definition) is 2. The van der Waals surface area contributed by atoms with Crippen molar-refractivity contribution in [3.8, 4) is 5.75 Å². The fourth-order valence-corrected chi connectivity index (χ4v) is 3.68. The summed E-state index contributed by atoms with van der Waals surface area (Å²) in [6.07, 6.45) is 4.18. The second-order valence-corrected chi connectivity index (χ2v) is 6.87. The molecule has 1 aliphatic heterocycles. The Bertz CT molecular complexity index is 733. The third kappa shape index (κ3) is 4.50. The third-order valence-electron chi connectivity index (χ3n) is 4.69. The lowest BCUT2D eigenvalue weighted by atomic mass is 10.0. The largest absolute Gasteiger partial charge is 0.494 e. The highest BCUT2D eigenvalue weighted by Crippen LogP contribution is 2.34. The highest BCUT2D eigenvalue weighted by atomic mass is 35.5. The minimum Gasteiger partial charge on any atom is -0.494 e. The van der Waals surface area contributed by atoms with Gasteiger partial charge in [0.05, 0.1) is 12.6 Å². The fraction of sp³-hybridized carbons (Fsp3) is 0.381. The van der Waals surface area contributed by atoms with Crippen molar-refractivity contribution in [3.63, 3.8) is 0 Å². The number of anilines is 1. The molecule has 0 aliphatic carbocycles. The first-order chi connectivity index (χ1) is 12.7. The molecule has 1 N–H and O–H groups in total.